The van der Waals surface area contributed by atoms with Gasteiger partial charge in [0.05, 0.1) is 38.6 Å². The number of benzene rings is 1. The van der Waals surface area contributed by atoms with Crippen molar-refractivity contribution < 1.29 is 113 Å². The number of imide groups is 1. The fourth-order valence-corrected chi connectivity index (χ4v) is 6.93. The summed E-state index contributed by atoms with van der Waals surface area (Å²) in [4.78, 5) is 128. The van der Waals surface area contributed by atoms with Crippen molar-refractivity contribution in [3.63, 3.8) is 0 Å². The van der Waals surface area contributed by atoms with Gasteiger partial charge in [-0.25, -0.2) is 0 Å². The number of aliphatic carboxylic acids is 4. The minimum absolute atomic E-state index is 0. The van der Waals surface area contributed by atoms with Crippen molar-refractivity contribution in [3.05, 3.63) is 42.0 Å². The summed E-state index contributed by atoms with van der Waals surface area (Å²) in [5.74, 6) is -7.16. The van der Waals surface area contributed by atoms with Gasteiger partial charge in [-0.05, 0) is 43.4 Å². The van der Waals surface area contributed by atoms with E-state index in [1.54, 1.807) is 39.0 Å². The summed E-state index contributed by atoms with van der Waals surface area (Å²) in [7, 11) is 0. The summed E-state index contributed by atoms with van der Waals surface area (Å²) >= 11 is 0. The molecule has 64 heavy (non-hydrogen) atoms. The molecule has 3 rings (SSSR count). The molecule has 5 N–H and O–H groups in total. The van der Waals surface area contributed by atoms with Crippen LogP contribution in [0.15, 0.2) is 36.4 Å². The van der Waals surface area contributed by atoms with Gasteiger partial charge in [-0.2, -0.15) is 0 Å². The minimum Gasteiger partial charge on any atom is -0.486 e. The zero-order valence-corrected chi connectivity index (χ0v) is 37.9. The standard InChI is InChI=1S/C42H58N6O15.Gd/c49-32(25-44-14-16-45(26-39(55)56)18-20-47(28-41(59)60)21-19-46(17-15-44)27-40(57)58)4-1-2-6-36(52)43-24-34(51)23-31(42(61)62)22-30-7-9-35(10-8-30)63-29-33(50)5-3-13-48-37(53)11-12-38(48)54;/h7-12,31H,1-6,13-29H2,(H,43,52)(H,55,56)(H,57,58)(H,59,60)(H,61,62);/t31-;/m1./s1. The molecule has 3 amide bonds. The summed E-state index contributed by atoms with van der Waals surface area (Å²) in [5, 5.41) is 40.4. The van der Waals surface area contributed by atoms with Gasteiger partial charge in [0, 0.05) is 137 Å². The van der Waals surface area contributed by atoms with Gasteiger partial charge >= 0.3 is 23.9 Å². The molecule has 1 fully saturated rings. The fraction of sp³-hybridized carbons (Fsp3) is 0.571. The summed E-state index contributed by atoms with van der Waals surface area (Å²) < 4.78 is 5.51. The molecular formula is C42H58GdN6O15. The number of hydrogen-bond donors (Lipinski definition) is 5. The SMILES string of the molecule is O=C(O)CN1CCN(CC(=O)O)CCN(CC(=O)CCCCC(=O)NCC(=O)C[C@@H](Cc2ccc(OCC(=O)CCCN3C(=O)C=CC3=O)cc2)C(=O)O)CCN(CC(=O)O)CC1.[Gd]. The van der Waals surface area contributed by atoms with Gasteiger partial charge in [0.25, 0.3) is 11.8 Å². The molecule has 354 valence electrons. The van der Waals surface area contributed by atoms with Crippen LogP contribution in [0.4, 0.5) is 0 Å². The van der Waals surface area contributed by atoms with E-state index in [2.05, 4.69) is 5.32 Å². The number of carboxylic acids is 4. The molecular weight excluding hydrogens is 986 g/mol. The number of hydrogen-bond acceptors (Lipinski definition) is 15. The molecule has 0 aliphatic carbocycles. The van der Waals surface area contributed by atoms with Gasteiger partial charge in [0.15, 0.2) is 11.6 Å². The van der Waals surface area contributed by atoms with Gasteiger partial charge in [-0.3, -0.25) is 72.4 Å². The van der Waals surface area contributed by atoms with E-state index in [0.29, 0.717) is 43.7 Å². The summed E-state index contributed by atoms with van der Waals surface area (Å²) in [6.07, 6.45) is 3.32. The summed E-state index contributed by atoms with van der Waals surface area (Å²) in [5.41, 5.74) is 0.607. The zero-order chi connectivity index (χ0) is 46.3. The molecule has 0 aromatic heterocycles. The smallest absolute Gasteiger partial charge is 0.317 e. The Labute approximate surface area is 402 Å². The molecule has 2 heterocycles. The number of unbranched alkanes of at least 4 members (excludes halogenated alkanes) is 1. The molecule has 0 spiro atoms. The Balaban J connectivity index is 0.0000141. The number of rotatable bonds is 27. The van der Waals surface area contributed by atoms with Crippen molar-refractivity contribution in [2.24, 2.45) is 5.92 Å². The van der Waals surface area contributed by atoms with Crippen molar-refractivity contribution in [1.82, 2.24) is 29.8 Å². The number of amides is 3. The number of nitrogens with zero attached hydrogens (tertiary/aromatic N) is 5. The number of carbonyl (C=O) groups is 10. The van der Waals surface area contributed by atoms with E-state index >= 15 is 0 Å². The van der Waals surface area contributed by atoms with Crippen LogP contribution in [0.5, 0.6) is 5.75 Å². The maximum Gasteiger partial charge on any atom is 0.317 e. The van der Waals surface area contributed by atoms with Crippen molar-refractivity contribution in [2.45, 2.75) is 51.4 Å². The van der Waals surface area contributed by atoms with Crippen LogP contribution in [0, 0.1) is 45.9 Å². The maximum atomic E-state index is 13.0. The van der Waals surface area contributed by atoms with Gasteiger partial charge < -0.3 is 30.5 Å². The van der Waals surface area contributed by atoms with Gasteiger partial charge in [-0.15, -0.1) is 0 Å². The number of Topliss-reactive ketones (excluding diaryl/α,β-unsaturated/α-hetero) is 3. The first-order chi connectivity index (χ1) is 30.0. The van der Waals surface area contributed by atoms with E-state index in [1.165, 1.54) is 12.2 Å². The summed E-state index contributed by atoms with van der Waals surface area (Å²) in [6, 6.07) is 6.38. The Morgan fingerprint density at radius 1 is 0.594 bits per heavy atom. The van der Waals surface area contributed by atoms with Crippen LogP contribution in [0.25, 0.3) is 0 Å². The Morgan fingerprint density at radius 2 is 1.05 bits per heavy atom. The van der Waals surface area contributed by atoms with Crippen molar-refractivity contribution in [1.29, 1.82) is 0 Å². The molecule has 2 aliphatic rings. The molecule has 0 bridgehead atoms. The minimum atomic E-state index is -1.19. The van der Waals surface area contributed by atoms with Crippen LogP contribution < -0.4 is 10.1 Å². The van der Waals surface area contributed by atoms with E-state index in [0.717, 1.165) is 4.90 Å². The normalized spacial score (nSPS) is 16.2. The number of nitrogens with one attached hydrogen (secondary N) is 1. The predicted molar refractivity (Wildman–Crippen MR) is 222 cm³/mol. The largest absolute Gasteiger partial charge is 0.486 e. The molecule has 0 radical (unpaired) electrons. The van der Waals surface area contributed by atoms with E-state index < -0.39 is 53.3 Å². The molecule has 22 heteroatoms. The molecule has 1 saturated heterocycles. The molecule has 2 aliphatic heterocycles. The first-order valence-electron chi connectivity index (χ1n) is 20.8. The van der Waals surface area contributed by atoms with Crippen LogP contribution >= 0.6 is 0 Å². The number of ether oxygens (including phenoxy) is 1. The molecule has 1 aromatic carbocycles. The second kappa shape index (κ2) is 29.8. The molecule has 21 nitrogen and oxygen atoms in total. The first kappa shape index (κ1) is 55.6. The second-order valence-corrected chi connectivity index (χ2v) is 15.5. The third-order valence-corrected chi connectivity index (χ3v) is 10.4. The molecule has 1 aromatic rings. The van der Waals surface area contributed by atoms with E-state index in [-0.39, 0.29) is 169 Å². The zero-order valence-electron chi connectivity index (χ0n) is 35.7. The van der Waals surface area contributed by atoms with Gasteiger partial charge in [0.1, 0.15) is 18.1 Å². The third kappa shape index (κ3) is 22.9. The quantitative estimate of drug-likeness (QED) is 0.0536. The van der Waals surface area contributed by atoms with Crippen LogP contribution in [0.2, 0.25) is 0 Å². The average Bonchev–Trinajstić information content (AvgIpc) is 3.54. The summed E-state index contributed by atoms with van der Waals surface area (Å²) in [6.45, 7) is 0.883. The topological polar surface area (TPSA) is 289 Å². The Kier molecular flexibility index (Phi) is 25.9. The first-order valence-corrected chi connectivity index (χ1v) is 20.8. The van der Waals surface area contributed by atoms with Crippen molar-refractivity contribution in [2.75, 3.05) is 98.2 Å². The van der Waals surface area contributed by atoms with Crippen molar-refractivity contribution >= 4 is 58.9 Å². The van der Waals surface area contributed by atoms with E-state index in [4.69, 9.17) is 4.74 Å². The average molecular weight is 1040 g/mol. The predicted octanol–water partition coefficient (Wildman–Crippen LogP) is -0.737. The number of ketones is 3. The maximum absolute atomic E-state index is 13.0. The third-order valence-electron chi connectivity index (χ3n) is 10.4. The van der Waals surface area contributed by atoms with E-state index in [1.807, 2.05) is 4.90 Å². The number of carboxylic acid groups (broad SMARTS) is 4. The molecule has 0 unspecified atom stereocenters. The van der Waals surface area contributed by atoms with Crippen LogP contribution in [-0.2, 0) is 54.4 Å². The Morgan fingerprint density at radius 3 is 1.52 bits per heavy atom. The molecule has 0 saturated carbocycles. The fourth-order valence-electron chi connectivity index (χ4n) is 6.93. The van der Waals surface area contributed by atoms with E-state index in [9.17, 15) is 68.4 Å². The monoisotopic (exact) mass is 1040 g/mol. The van der Waals surface area contributed by atoms with Gasteiger partial charge in [-0.1, -0.05) is 12.1 Å². The van der Waals surface area contributed by atoms with Crippen molar-refractivity contribution in [3.8, 4) is 5.75 Å². The Hall–Kier alpha value is -4.58. The number of carbonyl (C=O) groups excluding carboxylic acids is 6. The van der Waals surface area contributed by atoms with Gasteiger partial charge in [0.2, 0.25) is 5.91 Å². The Bertz CT molecular complexity index is 1780. The van der Waals surface area contributed by atoms with Crippen LogP contribution in [0.1, 0.15) is 50.5 Å². The van der Waals surface area contributed by atoms with Crippen LogP contribution in [0.3, 0.4) is 0 Å². The van der Waals surface area contributed by atoms with Crippen LogP contribution in [-0.4, -0.2) is 202 Å². The second-order valence-electron chi connectivity index (χ2n) is 15.5. The molecule has 1 atom stereocenters.